The first-order chi connectivity index (χ1) is 8.94. The zero-order chi connectivity index (χ0) is 14.3. The molecule has 1 aromatic carbocycles. The Morgan fingerprint density at radius 1 is 1.42 bits per heavy atom. The number of carbonyl (C=O) groups excluding carboxylic acids is 1. The highest BCUT2D eigenvalue weighted by molar-refractivity contribution is 5.80. The number of amides is 1. The number of ether oxygens (including phenoxy) is 2. The molecule has 2 unspecified atom stereocenters. The van der Waals surface area contributed by atoms with Crippen molar-refractivity contribution in [3.05, 3.63) is 30.3 Å². The second-order valence-electron chi connectivity index (χ2n) is 4.72. The molecule has 0 fully saturated rings. The Kier molecular flexibility index (Phi) is 5.79. The molecule has 1 amide bonds. The molecule has 0 heterocycles. The molecule has 19 heavy (non-hydrogen) atoms. The summed E-state index contributed by atoms with van der Waals surface area (Å²) in [6.07, 6.45) is -0.624. The molecule has 5 heteroatoms. The van der Waals surface area contributed by atoms with Gasteiger partial charge in [0.1, 0.15) is 11.4 Å². The Morgan fingerprint density at radius 3 is 2.63 bits per heavy atom. The molecule has 0 radical (unpaired) electrons. The van der Waals surface area contributed by atoms with Crippen molar-refractivity contribution in [3.8, 4) is 5.75 Å². The quantitative estimate of drug-likeness (QED) is 0.772. The molecule has 5 nitrogen and oxygen atoms in total. The Labute approximate surface area is 113 Å². The minimum Gasteiger partial charge on any atom is -0.481 e. The van der Waals surface area contributed by atoms with Crippen molar-refractivity contribution in [1.82, 2.24) is 5.32 Å². The van der Waals surface area contributed by atoms with Crippen LogP contribution in [0, 0.1) is 0 Å². The maximum Gasteiger partial charge on any atom is 0.260 e. The highest BCUT2D eigenvalue weighted by Crippen LogP contribution is 2.11. The number of nitrogens with one attached hydrogen (secondary N) is 1. The molecule has 0 spiro atoms. The molecule has 2 N–H and O–H groups in total. The lowest BCUT2D eigenvalue weighted by Gasteiger charge is -2.23. The van der Waals surface area contributed by atoms with Gasteiger partial charge >= 0.3 is 0 Å². The van der Waals surface area contributed by atoms with Gasteiger partial charge < -0.3 is 19.9 Å². The fourth-order valence-corrected chi connectivity index (χ4v) is 1.54. The van der Waals surface area contributed by atoms with Gasteiger partial charge in [-0.25, -0.2) is 0 Å². The highest BCUT2D eigenvalue weighted by Gasteiger charge is 2.23. The lowest BCUT2D eigenvalue weighted by Crippen LogP contribution is -2.47. The average molecular weight is 267 g/mol. The van der Waals surface area contributed by atoms with Gasteiger partial charge in [-0.05, 0) is 26.0 Å². The molecular formula is C14H21NO4. The smallest absolute Gasteiger partial charge is 0.260 e. The summed E-state index contributed by atoms with van der Waals surface area (Å²) in [5.41, 5.74) is -1.09. The second kappa shape index (κ2) is 7.11. The summed E-state index contributed by atoms with van der Waals surface area (Å²) >= 11 is 0. The molecule has 0 aromatic heterocycles. The van der Waals surface area contributed by atoms with E-state index in [1.54, 1.807) is 26.0 Å². The van der Waals surface area contributed by atoms with Gasteiger partial charge in [-0.3, -0.25) is 4.79 Å². The third-order valence-corrected chi connectivity index (χ3v) is 2.52. The summed E-state index contributed by atoms with van der Waals surface area (Å²) in [6.45, 7) is 3.52. The molecule has 0 aliphatic carbocycles. The minimum absolute atomic E-state index is 0.113. The maximum atomic E-state index is 11.8. The monoisotopic (exact) mass is 267 g/mol. The van der Waals surface area contributed by atoms with Crippen LogP contribution < -0.4 is 10.1 Å². The number of rotatable bonds is 7. The number of hydrogen-bond acceptors (Lipinski definition) is 4. The van der Waals surface area contributed by atoms with E-state index >= 15 is 0 Å². The third-order valence-electron chi connectivity index (χ3n) is 2.52. The maximum absolute atomic E-state index is 11.8. The molecule has 0 saturated carbocycles. The fourth-order valence-electron chi connectivity index (χ4n) is 1.54. The summed E-state index contributed by atoms with van der Waals surface area (Å²) in [4.78, 5) is 11.8. The van der Waals surface area contributed by atoms with Gasteiger partial charge in [-0.15, -0.1) is 0 Å². The van der Waals surface area contributed by atoms with E-state index in [4.69, 9.17) is 9.47 Å². The van der Waals surface area contributed by atoms with Crippen molar-refractivity contribution in [2.45, 2.75) is 25.6 Å². The molecule has 0 bridgehead atoms. The first-order valence-corrected chi connectivity index (χ1v) is 6.15. The summed E-state index contributed by atoms with van der Waals surface area (Å²) in [5.74, 6) is 0.356. The highest BCUT2D eigenvalue weighted by atomic mass is 16.5. The van der Waals surface area contributed by atoms with Crippen molar-refractivity contribution < 1.29 is 19.4 Å². The second-order valence-corrected chi connectivity index (χ2v) is 4.72. The Morgan fingerprint density at radius 2 is 2.05 bits per heavy atom. The molecule has 0 aliphatic heterocycles. The number of hydrogen-bond donors (Lipinski definition) is 2. The third kappa shape index (κ3) is 5.72. The number of para-hydroxylation sites is 1. The number of carbonyl (C=O) groups is 1. The van der Waals surface area contributed by atoms with Gasteiger partial charge in [-0.1, -0.05) is 18.2 Å². The van der Waals surface area contributed by atoms with Gasteiger partial charge in [0.05, 0.1) is 6.61 Å². The number of aliphatic hydroxyl groups is 1. The zero-order valence-electron chi connectivity index (χ0n) is 11.6. The van der Waals surface area contributed by atoms with Gasteiger partial charge in [-0.2, -0.15) is 0 Å². The normalized spacial score (nSPS) is 15.4. The molecule has 106 valence electrons. The van der Waals surface area contributed by atoms with Crippen LogP contribution in [0.25, 0.3) is 0 Å². The zero-order valence-corrected chi connectivity index (χ0v) is 11.6. The van der Waals surface area contributed by atoms with E-state index in [0.717, 1.165) is 0 Å². The van der Waals surface area contributed by atoms with Crippen molar-refractivity contribution in [2.24, 2.45) is 0 Å². The van der Waals surface area contributed by atoms with Crippen LogP contribution in [0.4, 0.5) is 0 Å². The Bertz CT molecular complexity index is 392. The number of methoxy groups -OCH3 is 1. The van der Waals surface area contributed by atoms with Crippen LogP contribution >= 0.6 is 0 Å². The summed E-state index contributed by atoms with van der Waals surface area (Å²) in [6, 6.07) is 9.11. The van der Waals surface area contributed by atoms with Crippen molar-refractivity contribution in [3.63, 3.8) is 0 Å². The Balaban J connectivity index is 2.41. The van der Waals surface area contributed by atoms with Crippen LogP contribution in [0.3, 0.4) is 0 Å². The predicted molar refractivity (Wildman–Crippen MR) is 72.0 cm³/mol. The largest absolute Gasteiger partial charge is 0.481 e. The predicted octanol–water partition coefficient (Wildman–Crippen LogP) is 0.967. The van der Waals surface area contributed by atoms with E-state index in [1.165, 1.54) is 7.11 Å². The van der Waals surface area contributed by atoms with E-state index in [0.29, 0.717) is 5.75 Å². The van der Waals surface area contributed by atoms with Gasteiger partial charge in [0, 0.05) is 13.7 Å². The lowest BCUT2D eigenvalue weighted by molar-refractivity contribution is -0.128. The molecule has 2 atom stereocenters. The summed E-state index contributed by atoms with van der Waals surface area (Å²) in [5, 5.41) is 12.5. The molecule has 1 aromatic rings. The van der Waals surface area contributed by atoms with Crippen molar-refractivity contribution >= 4 is 5.91 Å². The molecule has 1 rings (SSSR count). The van der Waals surface area contributed by atoms with Gasteiger partial charge in [0.25, 0.3) is 5.91 Å². The first kappa shape index (κ1) is 15.5. The standard InChI is InChI=1S/C14H21NO4/c1-11(19-12-7-5-4-6-8-12)13(16)15-9-14(2,17)10-18-3/h4-8,11,17H,9-10H2,1-3H3,(H,15,16). The van der Waals surface area contributed by atoms with Crippen LogP contribution in [0.1, 0.15) is 13.8 Å². The average Bonchev–Trinajstić information content (AvgIpc) is 2.37. The van der Waals surface area contributed by atoms with E-state index in [1.807, 2.05) is 18.2 Å². The fraction of sp³-hybridized carbons (Fsp3) is 0.500. The number of benzene rings is 1. The van der Waals surface area contributed by atoms with Crippen LogP contribution in [-0.2, 0) is 9.53 Å². The SMILES string of the molecule is COCC(C)(O)CNC(=O)C(C)Oc1ccccc1. The van der Waals surface area contributed by atoms with Crippen LogP contribution in [0.2, 0.25) is 0 Å². The van der Waals surface area contributed by atoms with Crippen LogP contribution in [-0.4, -0.2) is 43.0 Å². The minimum atomic E-state index is -1.09. The van der Waals surface area contributed by atoms with Gasteiger partial charge in [0.2, 0.25) is 0 Å². The Hall–Kier alpha value is -1.59. The van der Waals surface area contributed by atoms with Crippen molar-refractivity contribution in [2.75, 3.05) is 20.3 Å². The molecule has 0 saturated heterocycles. The van der Waals surface area contributed by atoms with Crippen LogP contribution in [0.15, 0.2) is 30.3 Å². The first-order valence-electron chi connectivity index (χ1n) is 6.15. The van der Waals surface area contributed by atoms with E-state index in [9.17, 15) is 9.90 Å². The topological polar surface area (TPSA) is 67.8 Å². The molecular weight excluding hydrogens is 246 g/mol. The summed E-state index contributed by atoms with van der Waals surface area (Å²) in [7, 11) is 1.50. The van der Waals surface area contributed by atoms with E-state index < -0.39 is 11.7 Å². The lowest BCUT2D eigenvalue weighted by atomic mass is 10.1. The van der Waals surface area contributed by atoms with E-state index in [-0.39, 0.29) is 19.1 Å². The van der Waals surface area contributed by atoms with E-state index in [2.05, 4.69) is 5.32 Å². The summed E-state index contributed by atoms with van der Waals surface area (Å²) < 4.78 is 10.3. The molecule has 0 aliphatic rings. The van der Waals surface area contributed by atoms with Crippen LogP contribution in [0.5, 0.6) is 5.75 Å². The van der Waals surface area contributed by atoms with Crippen molar-refractivity contribution in [1.29, 1.82) is 0 Å². The van der Waals surface area contributed by atoms with Gasteiger partial charge in [0.15, 0.2) is 6.10 Å².